The molecule has 1 saturated heterocycles. The fraction of sp³-hybridized carbons (Fsp3) is 0.667. The van der Waals surface area contributed by atoms with Crippen LogP contribution in [0.25, 0.3) is 0 Å². The lowest BCUT2D eigenvalue weighted by Gasteiger charge is -2.35. The predicted octanol–water partition coefficient (Wildman–Crippen LogP) is 1.94. The molecule has 21 heavy (non-hydrogen) atoms. The van der Waals surface area contributed by atoms with Crippen molar-refractivity contribution in [3.8, 4) is 0 Å². The van der Waals surface area contributed by atoms with Crippen molar-refractivity contribution >= 4 is 11.7 Å². The molecule has 0 bridgehead atoms. The largest absolute Gasteiger partial charge is 0.383 e. The van der Waals surface area contributed by atoms with Gasteiger partial charge in [0.05, 0.1) is 6.61 Å². The molecule has 0 spiro atoms. The molecule has 1 N–H and O–H groups in total. The minimum absolute atomic E-state index is 0.0127. The zero-order valence-corrected chi connectivity index (χ0v) is 12.8. The topological polar surface area (TPSA) is 67.4 Å². The molecular formula is C15H24N4O2. The van der Waals surface area contributed by atoms with E-state index < -0.39 is 0 Å². The first-order valence-electron chi connectivity index (χ1n) is 7.62. The second-order valence-corrected chi connectivity index (χ2v) is 5.26. The van der Waals surface area contributed by atoms with Gasteiger partial charge in [0.1, 0.15) is 17.8 Å². The van der Waals surface area contributed by atoms with Crippen molar-refractivity contribution in [2.75, 3.05) is 32.1 Å². The Morgan fingerprint density at radius 1 is 1.48 bits per heavy atom. The maximum absolute atomic E-state index is 12.6. The van der Waals surface area contributed by atoms with Crippen LogP contribution < -0.4 is 5.32 Å². The fourth-order valence-electron chi connectivity index (χ4n) is 2.69. The van der Waals surface area contributed by atoms with Gasteiger partial charge in [0.25, 0.3) is 5.91 Å². The Labute approximate surface area is 125 Å². The number of hydrogen-bond acceptors (Lipinski definition) is 5. The van der Waals surface area contributed by atoms with Gasteiger partial charge in [-0.1, -0.05) is 6.92 Å². The number of aromatic nitrogens is 2. The molecule has 1 unspecified atom stereocenters. The molecule has 0 radical (unpaired) electrons. The number of methoxy groups -OCH3 is 1. The third-order valence-corrected chi connectivity index (χ3v) is 3.86. The molecule has 116 valence electrons. The summed E-state index contributed by atoms with van der Waals surface area (Å²) in [5, 5.41) is 3.12. The summed E-state index contributed by atoms with van der Waals surface area (Å²) in [4.78, 5) is 22.9. The lowest BCUT2D eigenvalue weighted by Crippen LogP contribution is -2.43. The Kier molecular flexibility index (Phi) is 5.92. The standard InChI is InChI=1S/C15H24N4O2/c1-3-12-6-4-5-8-19(12)15(20)13-10-14(18-11-17-13)16-7-9-21-2/h10-12H,3-9H2,1-2H3,(H,16,17,18). The zero-order valence-electron chi connectivity index (χ0n) is 12.8. The second kappa shape index (κ2) is 7.93. The zero-order chi connectivity index (χ0) is 15.1. The summed E-state index contributed by atoms with van der Waals surface area (Å²) in [6, 6.07) is 2.06. The van der Waals surface area contributed by atoms with E-state index in [2.05, 4.69) is 22.2 Å². The molecule has 6 nitrogen and oxygen atoms in total. The van der Waals surface area contributed by atoms with Crippen molar-refractivity contribution in [3.05, 3.63) is 18.1 Å². The number of rotatable bonds is 6. The molecule has 0 aromatic carbocycles. The Morgan fingerprint density at radius 2 is 2.33 bits per heavy atom. The third-order valence-electron chi connectivity index (χ3n) is 3.86. The highest BCUT2D eigenvalue weighted by Gasteiger charge is 2.27. The highest BCUT2D eigenvalue weighted by Crippen LogP contribution is 2.21. The second-order valence-electron chi connectivity index (χ2n) is 5.26. The van der Waals surface area contributed by atoms with E-state index in [0.29, 0.717) is 30.7 Å². The number of likely N-dealkylation sites (tertiary alicyclic amines) is 1. The van der Waals surface area contributed by atoms with E-state index in [9.17, 15) is 4.79 Å². The minimum atomic E-state index is 0.0127. The minimum Gasteiger partial charge on any atom is -0.383 e. The van der Waals surface area contributed by atoms with Gasteiger partial charge in [-0.15, -0.1) is 0 Å². The van der Waals surface area contributed by atoms with Crippen LogP contribution in [0.15, 0.2) is 12.4 Å². The number of piperidine rings is 1. The lowest BCUT2D eigenvalue weighted by atomic mass is 9.99. The Hall–Kier alpha value is -1.69. The molecule has 6 heteroatoms. The van der Waals surface area contributed by atoms with E-state index >= 15 is 0 Å². The SMILES string of the molecule is CCC1CCCCN1C(=O)c1cc(NCCOC)ncn1. The molecule has 1 atom stereocenters. The van der Waals surface area contributed by atoms with Crippen molar-refractivity contribution in [3.63, 3.8) is 0 Å². The Morgan fingerprint density at radius 3 is 3.10 bits per heavy atom. The predicted molar refractivity (Wildman–Crippen MR) is 81.4 cm³/mol. The van der Waals surface area contributed by atoms with E-state index in [1.54, 1.807) is 13.2 Å². The molecular weight excluding hydrogens is 268 g/mol. The molecule has 1 fully saturated rings. The number of nitrogens with one attached hydrogen (secondary N) is 1. The average molecular weight is 292 g/mol. The van der Waals surface area contributed by atoms with Gasteiger partial charge in [-0.2, -0.15) is 0 Å². The summed E-state index contributed by atoms with van der Waals surface area (Å²) in [7, 11) is 1.65. The van der Waals surface area contributed by atoms with Crippen molar-refractivity contribution < 1.29 is 9.53 Å². The van der Waals surface area contributed by atoms with Crippen molar-refractivity contribution in [2.24, 2.45) is 0 Å². The number of hydrogen-bond donors (Lipinski definition) is 1. The molecule has 1 aromatic rings. The number of carbonyl (C=O) groups excluding carboxylic acids is 1. The maximum Gasteiger partial charge on any atom is 0.272 e. The van der Waals surface area contributed by atoms with Crippen molar-refractivity contribution in [2.45, 2.75) is 38.6 Å². The van der Waals surface area contributed by atoms with Gasteiger partial charge in [-0.05, 0) is 25.7 Å². The number of carbonyl (C=O) groups is 1. The molecule has 2 rings (SSSR count). The van der Waals surface area contributed by atoms with Crippen LogP contribution in [-0.4, -0.2) is 53.6 Å². The van der Waals surface area contributed by atoms with Crippen molar-refractivity contribution in [1.29, 1.82) is 0 Å². The summed E-state index contributed by atoms with van der Waals surface area (Å²) in [5.74, 6) is 0.675. The number of anilines is 1. The van der Waals surface area contributed by atoms with E-state index in [4.69, 9.17) is 4.74 Å². The molecule has 0 saturated carbocycles. The van der Waals surface area contributed by atoms with Crippen LogP contribution in [0.2, 0.25) is 0 Å². The Balaban J connectivity index is 2.05. The Bertz CT molecular complexity index is 467. The lowest BCUT2D eigenvalue weighted by molar-refractivity contribution is 0.0602. The van der Waals surface area contributed by atoms with E-state index in [0.717, 1.165) is 25.8 Å². The van der Waals surface area contributed by atoms with Gasteiger partial charge < -0.3 is 15.0 Å². The first-order chi connectivity index (χ1) is 10.3. The normalized spacial score (nSPS) is 18.6. The van der Waals surface area contributed by atoms with E-state index in [1.165, 1.54) is 12.7 Å². The smallest absolute Gasteiger partial charge is 0.272 e. The highest BCUT2D eigenvalue weighted by molar-refractivity contribution is 5.93. The summed E-state index contributed by atoms with van der Waals surface area (Å²) in [6.45, 7) is 4.21. The van der Waals surface area contributed by atoms with Gasteiger partial charge in [0.15, 0.2) is 0 Å². The van der Waals surface area contributed by atoms with Gasteiger partial charge in [0, 0.05) is 32.3 Å². The summed E-state index contributed by atoms with van der Waals surface area (Å²) in [5.41, 5.74) is 0.463. The van der Waals surface area contributed by atoms with Crippen LogP contribution in [0.4, 0.5) is 5.82 Å². The molecule has 2 heterocycles. The summed E-state index contributed by atoms with van der Waals surface area (Å²) in [6.07, 6.45) is 5.80. The van der Waals surface area contributed by atoms with Gasteiger partial charge in [0.2, 0.25) is 0 Å². The molecule has 1 aliphatic rings. The van der Waals surface area contributed by atoms with Crippen LogP contribution in [-0.2, 0) is 4.74 Å². The molecule has 1 aliphatic heterocycles. The number of nitrogens with zero attached hydrogens (tertiary/aromatic N) is 3. The van der Waals surface area contributed by atoms with Crippen LogP contribution >= 0.6 is 0 Å². The van der Waals surface area contributed by atoms with E-state index in [-0.39, 0.29) is 5.91 Å². The quantitative estimate of drug-likeness (QED) is 0.812. The maximum atomic E-state index is 12.6. The third kappa shape index (κ3) is 4.14. The fourth-order valence-corrected chi connectivity index (χ4v) is 2.69. The van der Waals surface area contributed by atoms with Crippen LogP contribution in [0.1, 0.15) is 43.1 Å². The van der Waals surface area contributed by atoms with Crippen LogP contribution in [0.3, 0.4) is 0 Å². The summed E-state index contributed by atoms with van der Waals surface area (Å²) < 4.78 is 4.98. The molecule has 1 aromatic heterocycles. The average Bonchev–Trinajstić information content (AvgIpc) is 2.54. The van der Waals surface area contributed by atoms with Gasteiger partial charge >= 0.3 is 0 Å². The van der Waals surface area contributed by atoms with Crippen LogP contribution in [0.5, 0.6) is 0 Å². The van der Waals surface area contributed by atoms with Crippen molar-refractivity contribution in [1.82, 2.24) is 14.9 Å². The molecule has 0 aliphatic carbocycles. The molecule has 1 amide bonds. The number of ether oxygens (including phenoxy) is 1. The van der Waals surface area contributed by atoms with Gasteiger partial charge in [-0.25, -0.2) is 9.97 Å². The summed E-state index contributed by atoms with van der Waals surface area (Å²) >= 11 is 0. The van der Waals surface area contributed by atoms with Crippen LogP contribution in [0, 0.1) is 0 Å². The first kappa shape index (κ1) is 15.7. The monoisotopic (exact) mass is 292 g/mol. The highest BCUT2D eigenvalue weighted by atomic mass is 16.5. The first-order valence-corrected chi connectivity index (χ1v) is 7.62. The van der Waals surface area contributed by atoms with E-state index in [1.807, 2.05) is 4.90 Å². The van der Waals surface area contributed by atoms with Gasteiger partial charge in [-0.3, -0.25) is 4.79 Å². The number of amides is 1.